The number of aryl methyl sites for hydroxylation is 2. The highest BCUT2D eigenvalue weighted by atomic mass is 19.1. The SMILES string of the molecule is Cc1nn(C)c(OCF)c1C. The number of nitrogens with zero attached hydrogens (tertiary/aromatic N) is 2. The Balaban J connectivity index is 3.02. The van der Waals surface area contributed by atoms with Crippen molar-refractivity contribution in [2.45, 2.75) is 13.8 Å². The van der Waals surface area contributed by atoms with Crippen LogP contribution in [0.15, 0.2) is 0 Å². The van der Waals surface area contributed by atoms with Gasteiger partial charge in [0.2, 0.25) is 12.7 Å². The predicted molar refractivity (Wildman–Crippen MR) is 39.3 cm³/mol. The van der Waals surface area contributed by atoms with Crippen LogP contribution in [0.25, 0.3) is 0 Å². The molecule has 4 heteroatoms. The lowest BCUT2D eigenvalue weighted by Crippen LogP contribution is -1.99. The van der Waals surface area contributed by atoms with E-state index in [9.17, 15) is 4.39 Å². The van der Waals surface area contributed by atoms with E-state index >= 15 is 0 Å². The lowest BCUT2D eigenvalue weighted by Gasteiger charge is -2.00. The van der Waals surface area contributed by atoms with Crippen LogP contribution in [0.4, 0.5) is 4.39 Å². The first-order valence-corrected chi connectivity index (χ1v) is 3.35. The zero-order valence-corrected chi connectivity index (χ0v) is 6.89. The number of alkyl halides is 1. The molecular weight excluding hydrogens is 147 g/mol. The van der Waals surface area contributed by atoms with E-state index in [0.29, 0.717) is 5.88 Å². The second-order valence-corrected chi connectivity index (χ2v) is 2.39. The van der Waals surface area contributed by atoms with Gasteiger partial charge in [-0.05, 0) is 13.8 Å². The summed E-state index contributed by atoms with van der Waals surface area (Å²) in [5, 5.41) is 4.05. The van der Waals surface area contributed by atoms with E-state index in [1.807, 2.05) is 13.8 Å². The van der Waals surface area contributed by atoms with Gasteiger partial charge in [-0.2, -0.15) is 5.10 Å². The van der Waals surface area contributed by atoms with Crippen LogP contribution in [0.3, 0.4) is 0 Å². The van der Waals surface area contributed by atoms with E-state index in [1.54, 1.807) is 7.05 Å². The summed E-state index contributed by atoms with van der Waals surface area (Å²) in [6, 6.07) is 0. The van der Waals surface area contributed by atoms with Gasteiger partial charge in [-0.15, -0.1) is 0 Å². The minimum atomic E-state index is -0.806. The highest BCUT2D eigenvalue weighted by molar-refractivity contribution is 5.28. The Hall–Kier alpha value is -1.06. The van der Waals surface area contributed by atoms with Crippen molar-refractivity contribution in [3.8, 4) is 5.88 Å². The summed E-state index contributed by atoms with van der Waals surface area (Å²) >= 11 is 0. The van der Waals surface area contributed by atoms with Crippen LogP contribution in [0.5, 0.6) is 5.88 Å². The predicted octanol–water partition coefficient (Wildman–Crippen LogP) is 1.34. The second kappa shape index (κ2) is 2.90. The van der Waals surface area contributed by atoms with Crippen molar-refractivity contribution in [1.82, 2.24) is 9.78 Å². The van der Waals surface area contributed by atoms with Crippen molar-refractivity contribution >= 4 is 0 Å². The van der Waals surface area contributed by atoms with E-state index in [1.165, 1.54) is 4.68 Å². The minimum absolute atomic E-state index is 0.505. The highest BCUT2D eigenvalue weighted by Crippen LogP contribution is 2.19. The van der Waals surface area contributed by atoms with E-state index in [4.69, 9.17) is 4.74 Å². The van der Waals surface area contributed by atoms with Gasteiger partial charge in [0.25, 0.3) is 0 Å². The Bertz CT molecular complexity index is 257. The summed E-state index contributed by atoms with van der Waals surface area (Å²) in [6.45, 7) is 2.91. The summed E-state index contributed by atoms with van der Waals surface area (Å²) in [5.41, 5.74) is 1.76. The fraction of sp³-hybridized carbons (Fsp3) is 0.571. The van der Waals surface area contributed by atoms with Crippen LogP contribution >= 0.6 is 0 Å². The fourth-order valence-corrected chi connectivity index (χ4v) is 0.996. The third-order valence-corrected chi connectivity index (χ3v) is 1.65. The summed E-state index contributed by atoms with van der Waals surface area (Å²) in [7, 11) is 1.73. The molecule has 0 N–H and O–H groups in total. The molecule has 11 heavy (non-hydrogen) atoms. The topological polar surface area (TPSA) is 27.1 Å². The van der Waals surface area contributed by atoms with Crippen LogP contribution in [0.2, 0.25) is 0 Å². The molecule has 0 fully saturated rings. The van der Waals surface area contributed by atoms with Crippen molar-refractivity contribution in [1.29, 1.82) is 0 Å². The van der Waals surface area contributed by atoms with Crippen molar-refractivity contribution in [3.63, 3.8) is 0 Å². The maximum atomic E-state index is 11.8. The highest BCUT2D eigenvalue weighted by Gasteiger charge is 2.08. The second-order valence-electron chi connectivity index (χ2n) is 2.39. The van der Waals surface area contributed by atoms with Crippen LogP contribution < -0.4 is 4.74 Å². The monoisotopic (exact) mass is 158 g/mol. The molecule has 0 radical (unpaired) electrons. The Morgan fingerprint density at radius 2 is 2.18 bits per heavy atom. The molecule has 0 bridgehead atoms. The minimum Gasteiger partial charge on any atom is -0.446 e. The van der Waals surface area contributed by atoms with Crippen LogP contribution in [0.1, 0.15) is 11.3 Å². The van der Waals surface area contributed by atoms with Gasteiger partial charge in [-0.3, -0.25) is 0 Å². The number of hydrogen-bond acceptors (Lipinski definition) is 2. The van der Waals surface area contributed by atoms with Gasteiger partial charge >= 0.3 is 0 Å². The molecule has 1 aromatic heterocycles. The molecule has 0 saturated carbocycles. The van der Waals surface area contributed by atoms with E-state index in [0.717, 1.165) is 11.3 Å². The molecule has 62 valence electrons. The smallest absolute Gasteiger partial charge is 0.230 e. The largest absolute Gasteiger partial charge is 0.446 e. The molecule has 0 spiro atoms. The lowest BCUT2D eigenvalue weighted by atomic mass is 10.3. The molecule has 0 saturated heterocycles. The molecular formula is C7H11FN2O. The molecule has 0 amide bonds. The summed E-state index contributed by atoms with van der Waals surface area (Å²) in [6.07, 6.45) is 0. The third-order valence-electron chi connectivity index (χ3n) is 1.65. The molecule has 0 aliphatic rings. The van der Waals surface area contributed by atoms with Gasteiger partial charge in [-0.1, -0.05) is 0 Å². The number of aromatic nitrogens is 2. The lowest BCUT2D eigenvalue weighted by molar-refractivity contribution is 0.176. The van der Waals surface area contributed by atoms with Crippen LogP contribution in [-0.2, 0) is 7.05 Å². The quantitative estimate of drug-likeness (QED) is 0.649. The Morgan fingerprint density at radius 1 is 1.55 bits per heavy atom. The Morgan fingerprint density at radius 3 is 2.55 bits per heavy atom. The van der Waals surface area contributed by atoms with E-state index < -0.39 is 6.86 Å². The number of ether oxygens (including phenoxy) is 1. The van der Waals surface area contributed by atoms with Gasteiger partial charge in [-0.25, -0.2) is 9.07 Å². The fourth-order valence-electron chi connectivity index (χ4n) is 0.996. The van der Waals surface area contributed by atoms with Crippen molar-refractivity contribution in [2.75, 3.05) is 6.86 Å². The average Bonchev–Trinajstić information content (AvgIpc) is 2.17. The number of hydrogen-bond donors (Lipinski definition) is 0. The zero-order valence-electron chi connectivity index (χ0n) is 6.89. The molecule has 1 aromatic rings. The molecule has 3 nitrogen and oxygen atoms in total. The average molecular weight is 158 g/mol. The summed E-state index contributed by atoms with van der Waals surface area (Å²) in [5.74, 6) is 0.505. The van der Waals surface area contributed by atoms with Gasteiger partial charge in [0, 0.05) is 12.6 Å². The maximum Gasteiger partial charge on any atom is 0.230 e. The summed E-state index contributed by atoms with van der Waals surface area (Å²) < 4.78 is 18.0. The Labute approximate surface area is 64.8 Å². The van der Waals surface area contributed by atoms with Crippen molar-refractivity contribution < 1.29 is 9.13 Å². The van der Waals surface area contributed by atoms with Gasteiger partial charge in [0.1, 0.15) is 0 Å². The first kappa shape index (κ1) is 8.04. The van der Waals surface area contributed by atoms with Gasteiger partial charge in [0.05, 0.1) is 5.69 Å². The van der Waals surface area contributed by atoms with Crippen LogP contribution in [-0.4, -0.2) is 16.6 Å². The molecule has 0 atom stereocenters. The molecule has 0 unspecified atom stereocenters. The third kappa shape index (κ3) is 1.34. The summed E-state index contributed by atoms with van der Waals surface area (Å²) in [4.78, 5) is 0. The normalized spacial score (nSPS) is 10.2. The first-order chi connectivity index (χ1) is 5.16. The number of rotatable bonds is 2. The number of halogens is 1. The Kier molecular flexibility index (Phi) is 2.12. The van der Waals surface area contributed by atoms with Gasteiger partial charge in [0.15, 0.2) is 0 Å². The van der Waals surface area contributed by atoms with E-state index in [-0.39, 0.29) is 0 Å². The van der Waals surface area contributed by atoms with Crippen molar-refractivity contribution in [3.05, 3.63) is 11.3 Å². The maximum absolute atomic E-state index is 11.8. The van der Waals surface area contributed by atoms with Gasteiger partial charge < -0.3 is 4.74 Å². The van der Waals surface area contributed by atoms with Crippen molar-refractivity contribution in [2.24, 2.45) is 7.05 Å². The standard InChI is InChI=1S/C7H11FN2O/c1-5-6(2)9-10(3)7(5)11-4-8/h4H2,1-3H3. The molecule has 0 aliphatic heterocycles. The van der Waals surface area contributed by atoms with Crippen LogP contribution in [0, 0.1) is 13.8 Å². The van der Waals surface area contributed by atoms with E-state index in [2.05, 4.69) is 5.10 Å². The molecule has 1 rings (SSSR count). The molecule has 0 aromatic carbocycles. The molecule has 0 aliphatic carbocycles. The first-order valence-electron chi connectivity index (χ1n) is 3.35. The molecule has 1 heterocycles. The zero-order chi connectivity index (χ0) is 8.43.